The number of carbonyl (C=O) groups excluding carboxylic acids is 1. The highest BCUT2D eigenvalue weighted by atomic mass is 35.5. The van der Waals surface area contributed by atoms with Crippen LogP contribution in [0.3, 0.4) is 0 Å². The van der Waals surface area contributed by atoms with Crippen LogP contribution in [0.5, 0.6) is 0 Å². The second kappa shape index (κ2) is 9.35. The number of guanidine groups is 1. The minimum atomic E-state index is 0.0987. The lowest BCUT2D eigenvalue weighted by molar-refractivity contribution is -0.128. The summed E-state index contributed by atoms with van der Waals surface area (Å²) in [5.41, 5.74) is 1.10. The van der Waals surface area contributed by atoms with Crippen LogP contribution in [0.2, 0.25) is 5.15 Å². The average molecular weight is 338 g/mol. The highest BCUT2D eigenvalue weighted by Crippen LogP contribution is 2.07. The minimum Gasteiger partial charge on any atom is -0.357 e. The SMILES string of the molecule is CCNC(=NCC(=O)N1CCCC1)NCCc1ccc(Cl)nc1. The Bertz CT molecular complexity index is 526. The maximum Gasteiger partial charge on any atom is 0.244 e. The van der Waals surface area contributed by atoms with Crippen molar-refractivity contribution in [2.45, 2.75) is 26.2 Å². The second-order valence-corrected chi connectivity index (χ2v) is 5.84. The lowest BCUT2D eigenvalue weighted by Crippen LogP contribution is -2.39. The number of nitrogens with zero attached hydrogens (tertiary/aromatic N) is 3. The molecule has 0 unspecified atom stereocenters. The van der Waals surface area contributed by atoms with Crippen molar-refractivity contribution >= 4 is 23.5 Å². The maximum absolute atomic E-state index is 12.0. The van der Waals surface area contributed by atoms with Gasteiger partial charge in [0.05, 0.1) is 0 Å². The van der Waals surface area contributed by atoms with Gasteiger partial charge in [-0.2, -0.15) is 0 Å². The molecule has 1 amide bonds. The number of aliphatic imine (C=N–C) groups is 1. The van der Waals surface area contributed by atoms with Crippen molar-refractivity contribution < 1.29 is 4.79 Å². The summed E-state index contributed by atoms with van der Waals surface area (Å²) in [4.78, 5) is 22.3. The van der Waals surface area contributed by atoms with Gasteiger partial charge in [-0.15, -0.1) is 0 Å². The molecule has 0 aliphatic carbocycles. The van der Waals surface area contributed by atoms with Crippen LogP contribution >= 0.6 is 11.6 Å². The molecule has 2 N–H and O–H groups in total. The number of rotatable bonds is 6. The molecule has 0 bridgehead atoms. The van der Waals surface area contributed by atoms with Crippen LogP contribution in [0.1, 0.15) is 25.3 Å². The highest BCUT2D eigenvalue weighted by molar-refractivity contribution is 6.29. The van der Waals surface area contributed by atoms with Crippen molar-refractivity contribution in [1.82, 2.24) is 20.5 Å². The Morgan fingerprint density at radius 2 is 2.13 bits per heavy atom. The molecule has 7 heteroatoms. The Balaban J connectivity index is 1.78. The van der Waals surface area contributed by atoms with E-state index in [9.17, 15) is 4.79 Å². The molecule has 2 rings (SSSR count). The van der Waals surface area contributed by atoms with E-state index in [-0.39, 0.29) is 12.5 Å². The Hall–Kier alpha value is -1.82. The number of nitrogens with one attached hydrogen (secondary N) is 2. The van der Waals surface area contributed by atoms with Crippen LogP contribution < -0.4 is 10.6 Å². The van der Waals surface area contributed by atoms with Gasteiger partial charge in [0.15, 0.2) is 5.96 Å². The molecule has 0 aromatic carbocycles. The van der Waals surface area contributed by atoms with Crippen LogP contribution in [-0.4, -0.2) is 54.5 Å². The molecule has 0 saturated carbocycles. The van der Waals surface area contributed by atoms with Gasteiger partial charge < -0.3 is 15.5 Å². The van der Waals surface area contributed by atoms with Gasteiger partial charge in [0.1, 0.15) is 11.7 Å². The first-order chi connectivity index (χ1) is 11.2. The topological polar surface area (TPSA) is 69.6 Å². The Morgan fingerprint density at radius 1 is 1.35 bits per heavy atom. The molecule has 1 aromatic heterocycles. The molecule has 0 atom stereocenters. The molecule has 1 aromatic rings. The first-order valence-corrected chi connectivity index (χ1v) is 8.47. The third kappa shape index (κ3) is 6.06. The van der Waals surface area contributed by atoms with E-state index in [4.69, 9.17) is 11.6 Å². The van der Waals surface area contributed by atoms with Crippen molar-refractivity contribution in [2.75, 3.05) is 32.7 Å². The second-order valence-electron chi connectivity index (χ2n) is 5.45. The van der Waals surface area contributed by atoms with Crippen molar-refractivity contribution in [3.05, 3.63) is 29.0 Å². The van der Waals surface area contributed by atoms with Crippen LogP contribution in [-0.2, 0) is 11.2 Å². The van der Waals surface area contributed by atoms with Crippen molar-refractivity contribution in [1.29, 1.82) is 0 Å². The molecule has 23 heavy (non-hydrogen) atoms. The largest absolute Gasteiger partial charge is 0.357 e. The summed E-state index contributed by atoms with van der Waals surface area (Å²) in [6, 6.07) is 3.74. The van der Waals surface area contributed by atoms with Gasteiger partial charge in [-0.25, -0.2) is 9.98 Å². The number of aromatic nitrogens is 1. The minimum absolute atomic E-state index is 0.0987. The summed E-state index contributed by atoms with van der Waals surface area (Å²) in [6.45, 7) is 5.39. The number of amides is 1. The fraction of sp³-hybridized carbons (Fsp3) is 0.562. The summed E-state index contributed by atoms with van der Waals surface area (Å²) >= 11 is 5.77. The molecule has 1 aliphatic heterocycles. The van der Waals surface area contributed by atoms with E-state index in [0.717, 1.165) is 44.5 Å². The van der Waals surface area contributed by atoms with Crippen molar-refractivity contribution in [2.24, 2.45) is 4.99 Å². The third-order valence-corrected chi connectivity index (χ3v) is 3.89. The van der Waals surface area contributed by atoms with Crippen LogP contribution in [0, 0.1) is 0 Å². The molecule has 0 spiro atoms. The first-order valence-electron chi connectivity index (χ1n) is 8.09. The van der Waals surface area contributed by atoms with Gasteiger partial charge in [-0.05, 0) is 37.8 Å². The number of hydrogen-bond acceptors (Lipinski definition) is 3. The molecule has 0 radical (unpaired) electrons. The van der Waals surface area contributed by atoms with Gasteiger partial charge in [0.25, 0.3) is 0 Å². The van der Waals surface area contributed by atoms with Crippen LogP contribution in [0.25, 0.3) is 0 Å². The van der Waals surface area contributed by atoms with Gasteiger partial charge >= 0.3 is 0 Å². The van der Waals surface area contributed by atoms with Crippen molar-refractivity contribution in [3.63, 3.8) is 0 Å². The van der Waals surface area contributed by atoms with E-state index >= 15 is 0 Å². The highest BCUT2D eigenvalue weighted by Gasteiger charge is 2.17. The summed E-state index contributed by atoms with van der Waals surface area (Å²) in [5.74, 6) is 0.767. The van der Waals surface area contributed by atoms with Crippen molar-refractivity contribution in [3.8, 4) is 0 Å². The predicted molar refractivity (Wildman–Crippen MR) is 92.7 cm³/mol. The standard InChI is InChI=1S/C16H24ClN5O/c1-2-18-16(21-12-15(23)22-9-3-4-10-22)19-8-7-13-5-6-14(17)20-11-13/h5-6,11H,2-4,7-10,12H2,1H3,(H2,18,19,21). The summed E-state index contributed by atoms with van der Waals surface area (Å²) in [6.07, 6.45) is 4.78. The molecule has 126 valence electrons. The molecular weight excluding hydrogens is 314 g/mol. The van der Waals surface area contributed by atoms with E-state index in [2.05, 4.69) is 20.6 Å². The van der Waals surface area contributed by atoms with E-state index in [1.165, 1.54) is 0 Å². The smallest absolute Gasteiger partial charge is 0.244 e. The van der Waals surface area contributed by atoms with E-state index in [1.807, 2.05) is 17.9 Å². The molecule has 1 aliphatic rings. The fourth-order valence-electron chi connectivity index (χ4n) is 2.43. The maximum atomic E-state index is 12.0. The Labute approximate surface area is 142 Å². The van der Waals surface area contributed by atoms with Gasteiger partial charge in [-0.1, -0.05) is 17.7 Å². The normalized spacial score (nSPS) is 14.9. The Kier molecular flexibility index (Phi) is 7.13. The molecule has 1 saturated heterocycles. The Morgan fingerprint density at radius 3 is 2.78 bits per heavy atom. The van der Waals surface area contributed by atoms with E-state index < -0.39 is 0 Å². The fourth-order valence-corrected chi connectivity index (χ4v) is 2.55. The van der Waals surface area contributed by atoms with Crippen LogP contribution in [0.15, 0.2) is 23.3 Å². The number of pyridine rings is 1. The molecule has 6 nitrogen and oxygen atoms in total. The number of carbonyl (C=O) groups is 1. The van der Waals surface area contributed by atoms with E-state index in [0.29, 0.717) is 17.7 Å². The van der Waals surface area contributed by atoms with Crippen LogP contribution in [0.4, 0.5) is 0 Å². The third-order valence-electron chi connectivity index (χ3n) is 3.67. The van der Waals surface area contributed by atoms with Gasteiger partial charge in [0, 0.05) is 32.4 Å². The van der Waals surface area contributed by atoms with E-state index in [1.54, 1.807) is 12.3 Å². The zero-order valence-corrected chi connectivity index (χ0v) is 14.3. The molecule has 2 heterocycles. The zero-order valence-electron chi connectivity index (χ0n) is 13.5. The number of halogens is 1. The predicted octanol–water partition coefficient (Wildman–Crippen LogP) is 1.46. The quantitative estimate of drug-likeness (QED) is 0.468. The lowest BCUT2D eigenvalue weighted by Gasteiger charge is -2.15. The first kappa shape index (κ1) is 17.5. The molecular formula is C16H24ClN5O. The van der Waals surface area contributed by atoms with Gasteiger partial charge in [0.2, 0.25) is 5.91 Å². The average Bonchev–Trinajstić information content (AvgIpc) is 3.08. The summed E-state index contributed by atoms with van der Waals surface area (Å²) < 4.78 is 0. The number of likely N-dealkylation sites (tertiary alicyclic amines) is 1. The monoisotopic (exact) mass is 337 g/mol. The van der Waals surface area contributed by atoms with Gasteiger partial charge in [-0.3, -0.25) is 4.79 Å². The molecule has 1 fully saturated rings. The summed E-state index contributed by atoms with van der Waals surface area (Å²) in [5, 5.41) is 6.89. The summed E-state index contributed by atoms with van der Waals surface area (Å²) in [7, 11) is 0. The zero-order chi connectivity index (χ0) is 16.5. The lowest BCUT2D eigenvalue weighted by atomic mass is 10.2. The number of hydrogen-bond donors (Lipinski definition) is 2.